The molecule has 0 fully saturated rings. The van der Waals surface area contributed by atoms with Gasteiger partial charge in [-0.05, 0) is 30.2 Å². The molecular weight excluding hydrogens is 262 g/mol. The van der Waals surface area contributed by atoms with E-state index >= 15 is 0 Å². The molecule has 0 saturated carbocycles. The van der Waals surface area contributed by atoms with Gasteiger partial charge < -0.3 is 10.1 Å². The Morgan fingerprint density at radius 2 is 1.76 bits per heavy atom. The van der Waals surface area contributed by atoms with E-state index in [1.54, 1.807) is 7.05 Å². The van der Waals surface area contributed by atoms with Crippen LogP contribution in [0, 0.1) is 0 Å². The Bertz CT molecular complexity index is 771. The molecule has 3 aromatic rings. The molecule has 0 radical (unpaired) electrons. The first-order valence-electron chi connectivity index (χ1n) is 7.02. The summed E-state index contributed by atoms with van der Waals surface area (Å²) in [4.78, 5) is 8.88. The van der Waals surface area contributed by atoms with Gasteiger partial charge in [-0.1, -0.05) is 37.3 Å². The maximum atomic E-state index is 6.07. The minimum Gasteiger partial charge on any atom is -0.438 e. The molecule has 0 atom stereocenters. The fourth-order valence-corrected chi connectivity index (χ4v) is 2.24. The summed E-state index contributed by atoms with van der Waals surface area (Å²) >= 11 is 0. The highest BCUT2D eigenvalue weighted by atomic mass is 16.5. The van der Waals surface area contributed by atoms with Gasteiger partial charge in [0.15, 0.2) is 0 Å². The standard InChI is InChI=1S/C17H17N3O/c1-3-12-8-4-7-11-15(12)21-16-13-9-5-6-10-14(13)19-17(18-2)20-16/h4-11H,3H2,1-2H3,(H,18,19,20). The van der Waals surface area contributed by atoms with Crippen LogP contribution in [-0.2, 0) is 6.42 Å². The SMILES string of the molecule is CCc1ccccc1Oc1nc(NC)nc2ccccc12. The summed E-state index contributed by atoms with van der Waals surface area (Å²) in [5.41, 5.74) is 2.02. The van der Waals surface area contributed by atoms with Gasteiger partial charge in [-0.2, -0.15) is 4.98 Å². The number of rotatable bonds is 4. The Morgan fingerprint density at radius 1 is 1.00 bits per heavy atom. The molecule has 0 bridgehead atoms. The molecule has 0 aliphatic rings. The first-order chi connectivity index (χ1) is 10.3. The first kappa shape index (κ1) is 13.4. The van der Waals surface area contributed by atoms with Crippen molar-refractivity contribution < 1.29 is 4.74 Å². The molecule has 4 heteroatoms. The van der Waals surface area contributed by atoms with Gasteiger partial charge in [-0.15, -0.1) is 0 Å². The molecule has 0 spiro atoms. The molecule has 106 valence electrons. The first-order valence-corrected chi connectivity index (χ1v) is 7.02. The number of nitrogens with one attached hydrogen (secondary N) is 1. The molecule has 0 unspecified atom stereocenters. The van der Waals surface area contributed by atoms with Crippen molar-refractivity contribution in [1.29, 1.82) is 0 Å². The number of para-hydroxylation sites is 2. The van der Waals surface area contributed by atoms with Crippen molar-refractivity contribution in [1.82, 2.24) is 9.97 Å². The third-order valence-corrected chi connectivity index (χ3v) is 3.35. The van der Waals surface area contributed by atoms with Crippen LogP contribution in [0.2, 0.25) is 0 Å². The lowest BCUT2D eigenvalue weighted by atomic mass is 10.1. The van der Waals surface area contributed by atoms with Crippen molar-refractivity contribution in [2.24, 2.45) is 0 Å². The van der Waals surface area contributed by atoms with Gasteiger partial charge in [0.05, 0.1) is 10.9 Å². The number of anilines is 1. The number of benzene rings is 2. The summed E-state index contributed by atoms with van der Waals surface area (Å²) < 4.78 is 6.07. The minimum absolute atomic E-state index is 0.553. The van der Waals surface area contributed by atoms with Crippen molar-refractivity contribution in [2.45, 2.75) is 13.3 Å². The van der Waals surface area contributed by atoms with Crippen molar-refractivity contribution >= 4 is 16.9 Å². The lowest BCUT2D eigenvalue weighted by Gasteiger charge is -2.12. The molecule has 3 rings (SSSR count). The lowest BCUT2D eigenvalue weighted by Crippen LogP contribution is -2.00. The maximum Gasteiger partial charge on any atom is 0.231 e. The topological polar surface area (TPSA) is 47.0 Å². The smallest absolute Gasteiger partial charge is 0.231 e. The van der Waals surface area contributed by atoms with Gasteiger partial charge in [0, 0.05) is 7.05 Å². The number of hydrogen-bond acceptors (Lipinski definition) is 4. The van der Waals surface area contributed by atoms with E-state index in [1.807, 2.05) is 42.5 Å². The molecule has 0 aliphatic heterocycles. The number of hydrogen-bond donors (Lipinski definition) is 1. The Hall–Kier alpha value is -2.62. The molecule has 1 heterocycles. The minimum atomic E-state index is 0.553. The molecule has 1 N–H and O–H groups in total. The lowest BCUT2D eigenvalue weighted by molar-refractivity contribution is 0.463. The summed E-state index contributed by atoms with van der Waals surface area (Å²) in [6.07, 6.45) is 0.915. The molecule has 0 aliphatic carbocycles. The fraction of sp³-hybridized carbons (Fsp3) is 0.176. The van der Waals surface area contributed by atoms with Gasteiger partial charge in [0.25, 0.3) is 0 Å². The summed E-state index contributed by atoms with van der Waals surface area (Å²) in [7, 11) is 1.80. The van der Waals surface area contributed by atoms with E-state index in [4.69, 9.17) is 4.74 Å². The second-order valence-electron chi connectivity index (χ2n) is 4.68. The van der Waals surface area contributed by atoms with Gasteiger partial charge in [-0.3, -0.25) is 0 Å². The molecule has 21 heavy (non-hydrogen) atoms. The molecule has 2 aromatic carbocycles. The summed E-state index contributed by atoms with van der Waals surface area (Å²) in [6.45, 7) is 2.11. The number of fused-ring (bicyclic) bond motifs is 1. The van der Waals surface area contributed by atoms with Crippen LogP contribution in [0.25, 0.3) is 10.9 Å². The van der Waals surface area contributed by atoms with Crippen LogP contribution in [0.3, 0.4) is 0 Å². The van der Waals surface area contributed by atoms with E-state index < -0.39 is 0 Å². The average molecular weight is 279 g/mol. The number of nitrogens with zero attached hydrogens (tertiary/aromatic N) is 2. The van der Waals surface area contributed by atoms with Gasteiger partial charge in [0.1, 0.15) is 5.75 Å². The van der Waals surface area contributed by atoms with E-state index in [1.165, 1.54) is 0 Å². The number of aromatic nitrogens is 2. The van der Waals surface area contributed by atoms with Crippen LogP contribution < -0.4 is 10.1 Å². The highest BCUT2D eigenvalue weighted by molar-refractivity contribution is 5.84. The molecule has 4 nitrogen and oxygen atoms in total. The Kier molecular flexibility index (Phi) is 3.69. The highest BCUT2D eigenvalue weighted by Crippen LogP contribution is 2.30. The monoisotopic (exact) mass is 279 g/mol. The van der Waals surface area contributed by atoms with E-state index in [0.717, 1.165) is 28.6 Å². The van der Waals surface area contributed by atoms with Crippen LogP contribution in [0.15, 0.2) is 48.5 Å². The third-order valence-electron chi connectivity index (χ3n) is 3.35. The normalized spacial score (nSPS) is 10.6. The maximum absolute atomic E-state index is 6.07. The van der Waals surface area contributed by atoms with Crippen molar-refractivity contribution in [3.63, 3.8) is 0 Å². The van der Waals surface area contributed by atoms with Crippen molar-refractivity contribution in [2.75, 3.05) is 12.4 Å². The summed E-state index contributed by atoms with van der Waals surface area (Å²) in [6, 6.07) is 15.9. The van der Waals surface area contributed by atoms with E-state index in [-0.39, 0.29) is 0 Å². The molecule has 0 saturated heterocycles. The predicted molar refractivity (Wildman–Crippen MR) is 85.0 cm³/mol. The summed E-state index contributed by atoms with van der Waals surface area (Å²) in [5.74, 6) is 1.97. The third kappa shape index (κ3) is 2.65. The van der Waals surface area contributed by atoms with Gasteiger partial charge in [-0.25, -0.2) is 4.98 Å². The highest BCUT2D eigenvalue weighted by Gasteiger charge is 2.10. The zero-order valence-corrected chi connectivity index (χ0v) is 12.1. The zero-order chi connectivity index (χ0) is 14.7. The van der Waals surface area contributed by atoms with Crippen LogP contribution in [0.4, 0.5) is 5.95 Å². The largest absolute Gasteiger partial charge is 0.438 e. The number of aryl methyl sites for hydroxylation is 1. The number of ether oxygens (including phenoxy) is 1. The van der Waals surface area contributed by atoms with E-state index in [2.05, 4.69) is 28.3 Å². The van der Waals surface area contributed by atoms with Gasteiger partial charge in [0.2, 0.25) is 11.8 Å². The Labute approximate surface area is 123 Å². The van der Waals surface area contributed by atoms with Crippen LogP contribution in [-0.4, -0.2) is 17.0 Å². The average Bonchev–Trinajstić information content (AvgIpc) is 2.55. The molecule has 1 aromatic heterocycles. The van der Waals surface area contributed by atoms with Gasteiger partial charge >= 0.3 is 0 Å². The Balaban J connectivity index is 2.11. The van der Waals surface area contributed by atoms with Crippen LogP contribution in [0.5, 0.6) is 11.6 Å². The molecule has 0 amide bonds. The van der Waals surface area contributed by atoms with Crippen LogP contribution >= 0.6 is 0 Å². The van der Waals surface area contributed by atoms with Crippen LogP contribution in [0.1, 0.15) is 12.5 Å². The summed E-state index contributed by atoms with van der Waals surface area (Å²) in [5, 5.41) is 3.88. The molecular formula is C17H17N3O. The second-order valence-corrected chi connectivity index (χ2v) is 4.68. The zero-order valence-electron chi connectivity index (χ0n) is 12.1. The fourth-order valence-electron chi connectivity index (χ4n) is 2.24. The Morgan fingerprint density at radius 3 is 2.57 bits per heavy atom. The van der Waals surface area contributed by atoms with Crippen molar-refractivity contribution in [3.8, 4) is 11.6 Å². The van der Waals surface area contributed by atoms with Crippen molar-refractivity contribution in [3.05, 3.63) is 54.1 Å². The van der Waals surface area contributed by atoms with E-state index in [0.29, 0.717) is 11.8 Å². The predicted octanol–water partition coefficient (Wildman–Crippen LogP) is 4.03. The van der Waals surface area contributed by atoms with E-state index in [9.17, 15) is 0 Å². The second kappa shape index (κ2) is 5.79. The quantitative estimate of drug-likeness (QED) is 0.783.